The number of aryl methyl sites for hydroxylation is 2. The van der Waals surface area contributed by atoms with E-state index in [2.05, 4.69) is 45.9 Å². The molecule has 0 aliphatic heterocycles. The molecular weight excluding hydrogens is 509 g/mol. The van der Waals surface area contributed by atoms with Crippen LogP contribution in [0.3, 0.4) is 0 Å². The standard InChI is InChI=1S/C25H22FN9O2S/c1-15-3-5-17(6-4-15)28-23-13-16(2)27-25(30-23)29-18-7-9-19(10-8-18)33-38(36,37)20-11-12-22(26)21(14-20)24-31-34-35-32-24/h3-14,33H,1-2H3,(H2,27,28,29,30)(H,31,32,34,35). The Morgan fingerprint density at radius 2 is 1.50 bits per heavy atom. The SMILES string of the molecule is Cc1ccc(Nc2cc(C)nc(Nc3ccc(NS(=O)(=O)c4ccc(F)c(-c5nn[nH]n5)c4)cc3)n2)cc1. The zero-order chi connectivity index (χ0) is 26.7. The summed E-state index contributed by atoms with van der Waals surface area (Å²) < 4.78 is 42.5. The molecule has 4 N–H and O–H groups in total. The van der Waals surface area contributed by atoms with Crippen molar-refractivity contribution in [1.82, 2.24) is 30.6 Å². The van der Waals surface area contributed by atoms with Gasteiger partial charge < -0.3 is 10.6 Å². The number of sulfonamides is 1. The molecule has 0 spiro atoms. The third kappa shape index (κ3) is 5.73. The number of benzene rings is 3. The number of rotatable bonds is 8. The van der Waals surface area contributed by atoms with Crippen LogP contribution in [-0.4, -0.2) is 39.0 Å². The van der Waals surface area contributed by atoms with E-state index in [0.717, 1.165) is 35.1 Å². The van der Waals surface area contributed by atoms with Crippen LogP contribution in [0, 0.1) is 19.7 Å². The third-order valence-corrected chi connectivity index (χ3v) is 6.78. The molecule has 0 aliphatic carbocycles. The number of anilines is 5. The van der Waals surface area contributed by atoms with Crippen molar-refractivity contribution in [1.29, 1.82) is 0 Å². The van der Waals surface area contributed by atoms with Crippen molar-refractivity contribution in [2.45, 2.75) is 18.7 Å². The van der Waals surface area contributed by atoms with Gasteiger partial charge in [-0.05, 0) is 73.7 Å². The number of tetrazole rings is 1. The Labute approximate surface area is 217 Å². The topological polar surface area (TPSA) is 150 Å². The van der Waals surface area contributed by atoms with Gasteiger partial charge in [-0.25, -0.2) is 17.8 Å². The van der Waals surface area contributed by atoms with Crippen molar-refractivity contribution >= 4 is 38.9 Å². The van der Waals surface area contributed by atoms with Crippen LogP contribution in [0.2, 0.25) is 0 Å². The molecule has 5 rings (SSSR count). The van der Waals surface area contributed by atoms with Gasteiger partial charge in [0.15, 0.2) is 0 Å². The van der Waals surface area contributed by atoms with E-state index in [9.17, 15) is 12.8 Å². The van der Waals surface area contributed by atoms with E-state index in [0.29, 0.717) is 23.1 Å². The average Bonchev–Trinajstić information content (AvgIpc) is 3.41. The second kappa shape index (κ2) is 10.2. The molecular formula is C25H22FN9O2S. The number of hydrogen-bond acceptors (Lipinski definition) is 9. The van der Waals surface area contributed by atoms with Crippen LogP contribution in [-0.2, 0) is 10.0 Å². The van der Waals surface area contributed by atoms with Crippen LogP contribution in [0.25, 0.3) is 11.4 Å². The number of halogens is 1. The van der Waals surface area contributed by atoms with E-state index < -0.39 is 15.8 Å². The molecule has 0 saturated carbocycles. The Morgan fingerprint density at radius 1 is 0.816 bits per heavy atom. The molecule has 0 unspecified atom stereocenters. The van der Waals surface area contributed by atoms with E-state index in [1.54, 1.807) is 24.3 Å². The summed E-state index contributed by atoms with van der Waals surface area (Å²) in [7, 11) is -4.02. The first-order valence-electron chi connectivity index (χ1n) is 11.4. The first-order chi connectivity index (χ1) is 18.2. The fraction of sp³-hybridized carbons (Fsp3) is 0.0800. The van der Waals surface area contributed by atoms with Crippen molar-refractivity contribution in [3.8, 4) is 11.4 Å². The first-order valence-corrected chi connectivity index (χ1v) is 12.9. The number of H-pyrrole nitrogens is 1. The molecule has 3 aromatic carbocycles. The van der Waals surface area contributed by atoms with Gasteiger partial charge >= 0.3 is 0 Å². The summed E-state index contributed by atoms with van der Waals surface area (Å²) in [6.07, 6.45) is 0. The van der Waals surface area contributed by atoms with Gasteiger partial charge in [0.05, 0.1) is 10.5 Å². The number of aromatic amines is 1. The normalized spacial score (nSPS) is 11.2. The molecule has 0 fully saturated rings. The fourth-order valence-electron chi connectivity index (χ4n) is 3.56. The van der Waals surface area contributed by atoms with Crippen molar-refractivity contribution in [2.24, 2.45) is 0 Å². The highest BCUT2D eigenvalue weighted by atomic mass is 32.2. The first kappa shape index (κ1) is 24.8. The van der Waals surface area contributed by atoms with Crippen molar-refractivity contribution in [2.75, 3.05) is 15.4 Å². The van der Waals surface area contributed by atoms with Crippen LogP contribution >= 0.6 is 0 Å². The predicted octanol–water partition coefficient (Wildman–Crippen LogP) is 4.70. The highest BCUT2D eigenvalue weighted by Crippen LogP contribution is 2.25. The number of aromatic nitrogens is 6. The molecule has 38 heavy (non-hydrogen) atoms. The fourth-order valence-corrected chi connectivity index (χ4v) is 4.64. The highest BCUT2D eigenvalue weighted by Gasteiger charge is 2.19. The van der Waals surface area contributed by atoms with Crippen LogP contribution < -0.4 is 15.4 Å². The van der Waals surface area contributed by atoms with Crippen molar-refractivity contribution in [3.05, 3.63) is 89.9 Å². The van der Waals surface area contributed by atoms with Gasteiger partial charge in [-0.2, -0.15) is 10.2 Å². The summed E-state index contributed by atoms with van der Waals surface area (Å²) in [6.45, 7) is 3.89. The summed E-state index contributed by atoms with van der Waals surface area (Å²) in [6, 6.07) is 19.7. The summed E-state index contributed by atoms with van der Waals surface area (Å²) >= 11 is 0. The maximum absolute atomic E-state index is 14.2. The number of hydrogen-bond donors (Lipinski definition) is 4. The molecule has 2 heterocycles. The van der Waals surface area contributed by atoms with E-state index in [1.165, 1.54) is 0 Å². The Bertz CT molecular complexity index is 1680. The third-order valence-electron chi connectivity index (χ3n) is 5.41. The molecule has 0 bridgehead atoms. The lowest BCUT2D eigenvalue weighted by atomic mass is 10.2. The highest BCUT2D eigenvalue weighted by molar-refractivity contribution is 7.92. The van der Waals surface area contributed by atoms with Gasteiger partial charge in [-0.1, -0.05) is 17.7 Å². The summed E-state index contributed by atoms with van der Waals surface area (Å²) in [5, 5.41) is 19.4. The Morgan fingerprint density at radius 3 is 2.21 bits per heavy atom. The van der Waals surface area contributed by atoms with Gasteiger partial charge in [0.1, 0.15) is 11.6 Å². The largest absolute Gasteiger partial charge is 0.340 e. The zero-order valence-electron chi connectivity index (χ0n) is 20.3. The molecule has 2 aromatic heterocycles. The van der Waals surface area contributed by atoms with E-state index in [4.69, 9.17) is 0 Å². The molecule has 0 aliphatic rings. The number of nitrogens with zero attached hydrogens (tertiary/aromatic N) is 5. The van der Waals surface area contributed by atoms with Crippen LogP contribution in [0.15, 0.2) is 77.7 Å². The smallest absolute Gasteiger partial charge is 0.261 e. The predicted molar refractivity (Wildman–Crippen MR) is 141 cm³/mol. The molecule has 5 aromatic rings. The van der Waals surface area contributed by atoms with Crippen LogP contribution in [0.1, 0.15) is 11.3 Å². The van der Waals surface area contributed by atoms with Crippen LogP contribution in [0.4, 0.5) is 33.2 Å². The molecule has 0 amide bonds. The molecule has 11 nitrogen and oxygen atoms in total. The van der Waals surface area contributed by atoms with Crippen LogP contribution in [0.5, 0.6) is 0 Å². The van der Waals surface area contributed by atoms with Gasteiger partial charge in [0.2, 0.25) is 11.8 Å². The summed E-state index contributed by atoms with van der Waals surface area (Å²) in [5.41, 5.74) is 3.71. The number of nitrogens with one attached hydrogen (secondary N) is 4. The lowest BCUT2D eigenvalue weighted by Gasteiger charge is -2.12. The second-order valence-corrected chi connectivity index (χ2v) is 10.1. The Kier molecular flexibility index (Phi) is 6.66. The molecule has 0 radical (unpaired) electrons. The minimum atomic E-state index is -4.02. The van der Waals surface area contributed by atoms with Crippen molar-refractivity contribution in [3.63, 3.8) is 0 Å². The van der Waals surface area contributed by atoms with Gasteiger partial charge in [-0.15, -0.1) is 10.2 Å². The minimum Gasteiger partial charge on any atom is -0.340 e. The lowest BCUT2D eigenvalue weighted by Crippen LogP contribution is -2.13. The summed E-state index contributed by atoms with van der Waals surface area (Å²) in [5.74, 6) is 0.294. The maximum Gasteiger partial charge on any atom is 0.261 e. The zero-order valence-corrected chi connectivity index (χ0v) is 21.1. The van der Waals surface area contributed by atoms with E-state index in [1.807, 2.05) is 44.2 Å². The van der Waals surface area contributed by atoms with Gasteiger partial charge in [0, 0.05) is 28.8 Å². The summed E-state index contributed by atoms with van der Waals surface area (Å²) in [4.78, 5) is 8.78. The average molecular weight is 532 g/mol. The quantitative estimate of drug-likeness (QED) is 0.223. The van der Waals surface area contributed by atoms with Gasteiger partial charge in [0.25, 0.3) is 10.0 Å². The van der Waals surface area contributed by atoms with Gasteiger partial charge in [-0.3, -0.25) is 4.72 Å². The molecule has 13 heteroatoms. The molecule has 192 valence electrons. The van der Waals surface area contributed by atoms with Crippen molar-refractivity contribution < 1.29 is 12.8 Å². The lowest BCUT2D eigenvalue weighted by molar-refractivity contribution is 0.600. The van der Waals surface area contributed by atoms with E-state index in [-0.39, 0.29) is 16.3 Å². The molecule has 0 atom stereocenters. The Balaban J connectivity index is 1.29. The maximum atomic E-state index is 14.2. The minimum absolute atomic E-state index is 0.0504. The van der Waals surface area contributed by atoms with E-state index >= 15 is 0 Å². The molecule has 0 saturated heterocycles. The second-order valence-electron chi connectivity index (χ2n) is 8.39. The Hall–Kier alpha value is -4.91. The monoisotopic (exact) mass is 531 g/mol.